The molecule has 0 radical (unpaired) electrons. The van der Waals surface area contributed by atoms with Gasteiger partial charge in [-0.05, 0) is 6.42 Å². The summed E-state index contributed by atoms with van der Waals surface area (Å²) in [5, 5.41) is 7.17. The van der Waals surface area contributed by atoms with Gasteiger partial charge >= 0.3 is 8.80 Å². The van der Waals surface area contributed by atoms with Gasteiger partial charge in [0.05, 0.1) is 0 Å². The van der Waals surface area contributed by atoms with Gasteiger partial charge in [0, 0.05) is 33.1 Å². The highest BCUT2D eigenvalue weighted by molar-refractivity contribution is 7.99. The van der Waals surface area contributed by atoms with Crippen LogP contribution in [0.25, 0.3) is 0 Å². The second kappa shape index (κ2) is 6.96. The molecule has 0 unspecified atom stereocenters. The molecule has 0 saturated carbocycles. The standard InChI is InChI=1S/C8H18N4O3SSi/c1-13-17(14-2,15-3)6-4-5-16-8-10-7(9)11-12-8/h4-6H2,1-3H3,(H3,9,10,11,12). The minimum Gasteiger partial charge on any atom is -0.377 e. The van der Waals surface area contributed by atoms with Gasteiger partial charge in [-0.15, -0.1) is 5.10 Å². The third kappa shape index (κ3) is 4.28. The lowest BCUT2D eigenvalue weighted by molar-refractivity contribution is 0.123. The van der Waals surface area contributed by atoms with Crippen molar-refractivity contribution in [2.24, 2.45) is 0 Å². The Morgan fingerprint density at radius 1 is 1.29 bits per heavy atom. The molecule has 9 heteroatoms. The first-order chi connectivity index (χ1) is 8.15. The van der Waals surface area contributed by atoms with E-state index < -0.39 is 8.80 Å². The van der Waals surface area contributed by atoms with Crippen molar-refractivity contribution in [2.75, 3.05) is 32.8 Å². The van der Waals surface area contributed by atoms with E-state index in [0.717, 1.165) is 18.2 Å². The largest absolute Gasteiger partial charge is 0.500 e. The fourth-order valence-electron chi connectivity index (χ4n) is 1.33. The fraction of sp³-hybridized carbons (Fsp3) is 0.750. The number of H-pyrrole nitrogens is 1. The number of aromatic amines is 1. The predicted octanol–water partition coefficient (Wildman–Crippen LogP) is 0.747. The highest BCUT2D eigenvalue weighted by Gasteiger charge is 2.36. The molecule has 0 aliphatic rings. The number of nitrogens with two attached hydrogens (primary N) is 1. The molecule has 0 saturated heterocycles. The van der Waals surface area contributed by atoms with E-state index in [0.29, 0.717) is 11.1 Å². The molecule has 1 heterocycles. The van der Waals surface area contributed by atoms with Crippen molar-refractivity contribution in [3.8, 4) is 0 Å². The summed E-state index contributed by atoms with van der Waals surface area (Å²) in [6.45, 7) is 0. The summed E-state index contributed by atoms with van der Waals surface area (Å²) >= 11 is 1.54. The Morgan fingerprint density at radius 2 is 1.94 bits per heavy atom. The van der Waals surface area contributed by atoms with Crippen LogP contribution in [-0.4, -0.2) is 51.1 Å². The zero-order chi connectivity index (χ0) is 12.7. The van der Waals surface area contributed by atoms with E-state index in [4.69, 9.17) is 19.0 Å². The van der Waals surface area contributed by atoms with Crippen LogP contribution in [0.3, 0.4) is 0 Å². The average Bonchev–Trinajstić information content (AvgIpc) is 2.76. The molecule has 0 bridgehead atoms. The summed E-state index contributed by atoms with van der Waals surface area (Å²) in [6.07, 6.45) is 0.904. The fourth-order valence-corrected chi connectivity index (χ4v) is 4.05. The molecule has 0 aromatic carbocycles. The van der Waals surface area contributed by atoms with Crippen LogP contribution in [0.2, 0.25) is 6.04 Å². The smallest absolute Gasteiger partial charge is 0.377 e. The van der Waals surface area contributed by atoms with Gasteiger partial charge in [0.2, 0.25) is 11.1 Å². The van der Waals surface area contributed by atoms with E-state index in [-0.39, 0.29) is 0 Å². The Balaban J connectivity index is 2.27. The number of nitrogen functional groups attached to an aromatic ring is 1. The summed E-state index contributed by atoms with van der Waals surface area (Å²) in [5.74, 6) is 1.20. The monoisotopic (exact) mass is 278 g/mol. The van der Waals surface area contributed by atoms with Crippen molar-refractivity contribution in [2.45, 2.75) is 17.6 Å². The number of nitrogens with zero attached hydrogens (tertiary/aromatic N) is 2. The maximum atomic E-state index is 5.42. The van der Waals surface area contributed by atoms with Gasteiger partial charge in [-0.1, -0.05) is 11.8 Å². The van der Waals surface area contributed by atoms with Crippen molar-refractivity contribution in [1.82, 2.24) is 15.2 Å². The Labute approximate surface area is 106 Å². The molecule has 0 spiro atoms. The minimum atomic E-state index is -2.44. The third-order valence-electron chi connectivity index (χ3n) is 2.27. The first-order valence-corrected chi connectivity index (χ1v) is 8.03. The first kappa shape index (κ1) is 14.4. The lowest BCUT2D eigenvalue weighted by atomic mass is 10.6. The Hall–Kier alpha value is -0.613. The first-order valence-electron chi connectivity index (χ1n) is 5.12. The summed E-state index contributed by atoms with van der Waals surface area (Å²) in [5.41, 5.74) is 5.42. The SMILES string of the molecule is CO[Si](CCCSc1n[nH]c(N)n1)(OC)OC. The van der Waals surface area contributed by atoms with Gasteiger partial charge in [-0.3, -0.25) is 0 Å². The number of hydrogen-bond acceptors (Lipinski definition) is 7. The summed E-state index contributed by atoms with van der Waals surface area (Å²) in [6, 6.07) is 0.767. The predicted molar refractivity (Wildman–Crippen MR) is 67.7 cm³/mol. The highest BCUT2D eigenvalue weighted by Crippen LogP contribution is 2.20. The molecule has 98 valence electrons. The van der Waals surface area contributed by atoms with Crippen molar-refractivity contribution < 1.29 is 13.3 Å². The van der Waals surface area contributed by atoms with Crippen LogP contribution in [0.4, 0.5) is 5.95 Å². The Kier molecular flexibility index (Phi) is 5.92. The molecule has 17 heavy (non-hydrogen) atoms. The lowest BCUT2D eigenvalue weighted by Crippen LogP contribution is -2.42. The number of hydrogen-bond donors (Lipinski definition) is 2. The second-order valence-electron chi connectivity index (χ2n) is 3.25. The van der Waals surface area contributed by atoms with Crippen LogP contribution in [0.1, 0.15) is 6.42 Å². The average molecular weight is 278 g/mol. The maximum absolute atomic E-state index is 5.42. The zero-order valence-electron chi connectivity index (χ0n) is 10.2. The molecule has 0 fully saturated rings. The van der Waals surface area contributed by atoms with Gasteiger partial charge in [-0.25, -0.2) is 5.10 Å². The van der Waals surface area contributed by atoms with Crippen molar-refractivity contribution in [1.29, 1.82) is 0 Å². The zero-order valence-corrected chi connectivity index (χ0v) is 12.0. The lowest BCUT2D eigenvalue weighted by Gasteiger charge is -2.23. The van der Waals surface area contributed by atoms with E-state index in [1.54, 1.807) is 21.3 Å². The van der Waals surface area contributed by atoms with E-state index >= 15 is 0 Å². The van der Waals surface area contributed by atoms with Gasteiger partial charge in [0.25, 0.3) is 0 Å². The van der Waals surface area contributed by atoms with Gasteiger partial charge in [0.1, 0.15) is 0 Å². The van der Waals surface area contributed by atoms with Crippen LogP contribution < -0.4 is 5.73 Å². The Bertz CT molecular complexity index is 326. The van der Waals surface area contributed by atoms with Gasteiger partial charge in [0.15, 0.2) is 0 Å². The number of aromatic nitrogens is 3. The normalized spacial score (nSPS) is 11.9. The molecule has 0 atom stereocenters. The van der Waals surface area contributed by atoms with Crippen LogP contribution >= 0.6 is 11.8 Å². The second-order valence-corrected chi connectivity index (χ2v) is 7.40. The van der Waals surface area contributed by atoms with E-state index in [1.807, 2.05) is 0 Å². The van der Waals surface area contributed by atoms with Gasteiger partial charge < -0.3 is 19.0 Å². The van der Waals surface area contributed by atoms with Crippen LogP contribution in [0.15, 0.2) is 5.16 Å². The molecule has 7 nitrogen and oxygen atoms in total. The van der Waals surface area contributed by atoms with E-state index in [2.05, 4.69) is 15.2 Å². The molecular formula is C8H18N4O3SSi. The molecule has 1 aromatic heterocycles. The minimum absolute atomic E-state index is 0.335. The molecule has 0 aliphatic heterocycles. The molecular weight excluding hydrogens is 260 g/mol. The number of thioether (sulfide) groups is 1. The van der Waals surface area contributed by atoms with Crippen molar-refractivity contribution in [3.05, 3.63) is 0 Å². The van der Waals surface area contributed by atoms with E-state index in [9.17, 15) is 0 Å². The molecule has 3 N–H and O–H groups in total. The van der Waals surface area contributed by atoms with Crippen LogP contribution in [0.5, 0.6) is 0 Å². The van der Waals surface area contributed by atoms with Crippen molar-refractivity contribution in [3.63, 3.8) is 0 Å². The van der Waals surface area contributed by atoms with Crippen LogP contribution in [-0.2, 0) is 13.3 Å². The third-order valence-corrected chi connectivity index (χ3v) is 6.04. The summed E-state index contributed by atoms with van der Waals surface area (Å²) in [7, 11) is 2.40. The maximum Gasteiger partial charge on any atom is 0.500 e. The highest BCUT2D eigenvalue weighted by atomic mass is 32.2. The van der Waals surface area contributed by atoms with Gasteiger partial charge in [-0.2, -0.15) is 4.98 Å². The number of nitrogens with one attached hydrogen (secondary N) is 1. The number of rotatable bonds is 8. The molecule has 0 aliphatic carbocycles. The van der Waals surface area contributed by atoms with E-state index in [1.165, 1.54) is 11.8 Å². The van der Waals surface area contributed by atoms with Crippen LogP contribution in [0, 0.1) is 0 Å². The topological polar surface area (TPSA) is 95.3 Å². The number of anilines is 1. The Morgan fingerprint density at radius 3 is 2.41 bits per heavy atom. The molecule has 0 amide bonds. The van der Waals surface area contributed by atoms with Crippen molar-refractivity contribution >= 4 is 26.5 Å². The molecule has 1 rings (SSSR count). The summed E-state index contributed by atoms with van der Waals surface area (Å²) < 4.78 is 16.0. The molecule has 1 aromatic rings. The summed E-state index contributed by atoms with van der Waals surface area (Å²) in [4.78, 5) is 4.00. The quantitative estimate of drug-likeness (QED) is 0.411.